The van der Waals surface area contributed by atoms with Gasteiger partial charge in [-0.15, -0.1) is 0 Å². The third-order valence-corrected chi connectivity index (χ3v) is 3.24. The van der Waals surface area contributed by atoms with Gasteiger partial charge in [0.15, 0.2) is 5.78 Å². The number of carbonyl (C=O) groups is 1. The van der Waals surface area contributed by atoms with Gasteiger partial charge in [0, 0.05) is 23.4 Å². The quantitative estimate of drug-likeness (QED) is 0.763. The van der Waals surface area contributed by atoms with Crippen LogP contribution in [0.1, 0.15) is 47.6 Å². The normalized spacial score (nSPS) is 24.3. The van der Waals surface area contributed by atoms with E-state index in [1.54, 1.807) is 29.2 Å². The highest BCUT2D eigenvalue weighted by atomic mass is 16.1. The summed E-state index contributed by atoms with van der Waals surface area (Å²) in [5.74, 6) is -2.72. The van der Waals surface area contributed by atoms with Gasteiger partial charge in [-0.1, -0.05) is 43.1 Å². The van der Waals surface area contributed by atoms with E-state index in [1.807, 2.05) is 6.92 Å². The number of ketones is 1. The molecular formula is C16H23NO. The minimum absolute atomic E-state index is 0.300. The Morgan fingerprint density at radius 1 is 1.39 bits per heavy atom. The van der Waals surface area contributed by atoms with Crippen LogP contribution in [-0.2, 0) is 0 Å². The molecule has 0 radical (unpaired) electrons. The van der Waals surface area contributed by atoms with Gasteiger partial charge in [-0.25, -0.2) is 0 Å². The van der Waals surface area contributed by atoms with Crippen LogP contribution in [0.4, 0.5) is 0 Å². The van der Waals surface area contributed by atoms with Gasteiger partial charge in [-0.2, -0.15) is 0 Å². The number of nitrogens with zero attached hydrogens (tertiary/aromatic N) is 1. The van der Waals surface area contributed by atoms with E-state index in [2.05, 4.69) is 0 Å². The van der Waals surface area contributed by atoms with Gasteiger partial charge in [0.2, 0.25) is 0 Å². The molecule has 2 heteroatoms. The maximum Gasteiger partial charge on any atom is 0.166 e. The van der Waals surface area contributed by atoms with Crippen LogP contribution in [0.15, 0.2) is 24.3 Å². The number of hydrogen-bond acceptors (Lipinski definition) is 2. The highest BCUT2D eigenvalue weighted by Gasteiger charge is 2.19. The standard InChI is InChI=1S/C16H23NO/c1-13-6-8-15(9-7-13)16(18)14(2)12-17-10-4-3-5-11-17/h6-9,14H,3-5,10-12H2,1-2H3/i2D,12D2,14D. The lowest BCUT2D eigenvalue weighted by Gasteiger charge is -2.28. The Labute approximate surface area is 116 Å². The van der Waals surface area contributed by atoms with Gasteiger partial charge < -0.3 is 4.90 Å². The molecule has 1 aromatic rings. The zero-order valence-electron chi connectivity index (χ0n) is 14.9. The maximum absolute atomic E-state index is 12.7. The van der Waals surface area contributed by atoms with Crippen molar-refractivity contribution in [1.29, 1.82) is 0 Å². The summed E-state index contributed by atoms with van der Waals surface area (Å²) in [6, 6.07) is 6.77. The summed E-state index contributed by atoms with van der Waals surface area (Å²) in [5, 5.41) is 0. The predicted molar refractivity (Wildman–Crippen MR) is 75.0 cm³/mol. The predicted octanol–water partition coefficient (Wildman–Crippen LogP) is 3.30. The molecule has 1 heterocycles. The lowest BCUT2D eigenvalue weighted by Crippen LogP contribution is -2.35. The fourth-order valence-electron chi connectivity index (χ4n) is 2.13. The lowest BCUT2D eigenvalue weighted by molar-refractivity contribution is 0.0883. The molecule has 2 rings (SSSR count). The second kappa shape index (κ2) is 6.14. The molecule has 2 nitrogen and oxygen atoms in total. The Morgan fingerprint density at radius 2 is 2.06 bits per heavy atom. The van der Waals surface area contributed by atoms with Crippen LogP contribution in [-0.4, -0.2) is 30.3 Å². The first-order valence-electron chi connectivity index (χ1n) is 8.69. The summed E-state index contributed by atoms with van der Waals surface area (Å²) < 4.78 is 32.9. The summed E-state index contributed by atoms with van der Waals surface area (Å²) in [4.78, 5) is 14.3. The molecule has 1 atom stereocenters. The largest absolute Gasteiger partial charge is 0.303 e. The minimum atomic E-state index is -2.14. The van der Waals surface area contributed by atoms with Crippen LogP contribution in [0.2, 0.25) is 0 Å². The summed E-state index contributed by atoms with van der Waals surface area (Å²) in [7, 11) is 0. The molecule has 98 valence electrons. The van der Waals surface area contributed by atoms with Gasteiger partial charge in [0.05, 0.1) is 0 Å². The molecule has 0 aromatic heterocycles. The molecule has 0 amide bonds. The first-order valence-corrected chi connectivity index (χ1v) is 6.49. The number of piperidine rings is 1. The number of aryl methyl sites for hydroxylation is 1. The fraction of sp³-hybridized carbons (Fsp3) is 0.562. The Kier molecular flexibility index (Phi) is 3.03. The van der Waals surface area contributed by atoms with E-state index in [1.165, 1.54) is 0 Å². The van der Waals surface area contributed by atoms with E-state index in [0.717, 1.165) is 24.8 Å². The van der Waals surface area contributed by atoms with E-state index < -0.39 is 25.1 Å². The van der Waals surface area contributed by atoms with Crippen molar-refractivity contribution in [2.24, 2.45) is 5.89 Å². The van der Waals surface area contributed by atoms with Crippen molar-refractivity contribution in [1.82, 2.24) is 4.90 Å². The molecule has 1 fully saturated rings. The van der Waals surface area contributed by atoms with Crippen LogP contribution in [0, 0.1) is 12.8 Å². The minimum Gasteiger partial charge on any atom is -0.303 e. The Hall–Kier alpha value is -1.15. The number of rotatable bonds is 4. The SMILES string of the molecule is [2H]CC([2H])(C(=O)c1ccc(C)cc1)C([2H])([2H])N1CCCCC1. The molecule has 1 aliphatic heterocycles. The van der Waals surface area contributed by atoms with E-state index in [4.69, 9.17) is 5.48 Å². The Bertz CT molecular complexity index is 525. The molecule has 1 aliphatic rings. The molecule has 0 spiro atoms. The van der Waals surface area contributed by atoms with Crippen LogP contribution < -0.4 is 0 Å². The highest BCUT2D eigenvalue weighted by molar-refractivity contribution is 5.97. The van der Waals surface area contributed by atoms with E-state index in [9.17, 15) is 4.79 Å². The zero-order chi connectivity index (χ0) is 16.4. The lowest BCUT2D eigenvalue weighted by atomic mass is 9.97. The number of hydrogen-bond donors (Lipinski definition) is 0. The van der Waals surface area contributed by atoms with Crippen molar-refractivity contribution in [3.8, 4) is 0 Å². The van der Waals surface area contributed by atoms with Crippen LogP contribution >= 0.6 is 0 Å². The maximum atomic E-state index is 12.7. The molecule has 0 N–H and O–H groups in total. The van der Waals surface area contributed by atoms with Crippen molar-refractivity contribution in [2.75, 3.05) is 19.6 Å². The summed E-state index contributed by atoms with van der Waals surface area (Å²) in [5.41, 5.74) is 1.30. The van der Waals surface area contributed by atoms with Gasteiger partial charge in [-0.05, 0) is 32.9 Å². The molecule has 0 saturated carbocycles. The van der Waals surface area contributed by atoms with Crippen molar-refractivity contribution < 1.29 is 10.3 Å². The monoisotopic (exact) mass is 249 g/mol. The van der Waals surface area contributed by atoms with Crippen molar-refractivity contribution >= 4 is 5.78 Å². The van der Waals surface area contributed by atoms with E-state index in [0.29, 0.717) is 18.7 Å². The van der Waals surface area contributed by atoms with E-state index in [-0.39, 0.29) is 0 Å². The smallest absolute Gasteiger partial charge is 0.166 e. The van der Waals surface area contributed by atoms with Crippen molar-refractivity contribution in [3.63, 3.8) is 0 Å². The average Bonchev–Trinajstić information content (AvgIpc) is 2.54. The van der Waals surface area contributed by atoms with Gasteiger partial charge in [0.25, 0.3) is 0 Å². The van der Waals surface area contributed by atoms with Crippen LogP contribution in [0.3, 0.4) is 0 Å². The van der Waals surface area contributed by atoms with Crippen LogP contribution in [0.25, 0.3) is 0 Å². The average molecular weight is 249 g/mol. The first-order chi connectivity index (χ1) is 10.3. The van der Waals surface area contributed by atoms with Gasteiger partial charge >= 0.3 is 0 Å². The number of benzene rings is 1. The van der Waals surface area contributed by atoms with Gasteiger partial charge in [-0.3, -0.25) is 4.79 Å². The molecule has 0 bridgehead atoms. The Morgan fingerprint density at radius 3 is 2.67 bits per heavy atom. The topological polar surface area (TPSA) is 20.3 Å². The summed E-state index contributed by atoms with van der Waals surface area (Å²) in [6.45, 7) is 0.240. The second-order valence-electron chi connectivity index (χ2n) is 4.83. The summed E-state index contributed by atoms with van der Waals surface area (Å²) in [6.07, 6.45) is 2.78. The molecule has 1 aromatic carbocycles. The third kappa shape index (κ3) is 3.42. The van der Waals surface area contributed by atoms with Crippen molar-refractivity contribution in [3.05, 3.63) is 35.4 Å². The summed E-state index contributed by atoms with van der Waals surface area (Å²) >= 11 is 0. The second-order valence-corrected chi connectivity index (χ2v) is 4.83. The molecule has 1 saturated heterocycles. The molecule has 0 aliphatic carbocycles. The first kappa shape index (κ1) is 8.87. The molecule has 18 heavy (non-hydrogen) atoms. The Balaban J connectivity index is 2.33. The van der Waals surface area contributed by atoms with E-state index >= 15 is 0 Å². The molecular weight excluding hydrogens is 222 g/mol. The van der Waals surface area contributed by atoms with Crippen LogP contribution in [0.5, 0.6) is 0 Å². The fourth-order valence-corrected chi connectivity index (χ4v) is 2.13. The zero-order valence-corrected chi connectivity index (χ0v) is 10.9. The molecule has 1 unspecified atom stereocenters. The highest BCUT2D eigenvalue weighted by Crippen LogP contribution is 2.15. The third-order valence-electron chi connectivity index (χ3n) is 3.24. The number of Topliss-reactive ketones (excluding diaryl/α,β-unsaturated/α-hetero) is 1. The van der Waals surface area contributed by atoms with Gasteiger partial charge in [0.1, 0.15) is 0 Å². The number of carbonyl (C=O) groups excluding carboxylic acids is 1. The van der Waals surface area contributed by atoms with Crippen molar-refractivity contribution in [2.45, 2.75) is 33.1 Å². The number of likely N-dealkylation sites (tertiary alicyclic amines) is 1.